The topological polar surface area (TPSA) is 0 Å². The van der Waals surface area contributed by atoms with Gasteiger partial charge in [-0.25, -0.2) is 8.78 Å². The van der Waals surface area contributed by atoms with E-state index in [4.69, 9.17) is 0 Å². The standard InChI is InChI=1S/C4H2F6/c5-1-3(7,8)2(6)4(1,9)10/h1-2H. The Hall–Kier alpha value is -0.420. The van der Waals surface area contributed by atoms with E-state index in [1.807, 2.05) is 0 Å². The molecule has 0 unspecified atom stereocenters. The lowest BCUT2D eigenvalue weighted by molar-refractivity contribution is -0.335. The van der Waals surface area contributed by atoms with E-state index in [0.29, 0.717) is 0 Å². The van der Waals surface area contributed by atoms with Gasteiger partial charge in [0.15, 0.2) is 0 Å². The molecular weight excluding hydrogens is 162 g/mol. The van der Waals surface area contributed by atoms with Crippen molar-refractivity contribution in [2.24, 2.45) is 0 Å². The van der Waals surface area contributed by atoms with Gasteiger partial charge in [0.25, 0.3) is 0 Å². The molecule has 1 aliphatic carbocycles. The number of hydrogen-bond acceptors (Lipinski definition) is 0. The Balaban J connectivity index is 2.78. The summed E-state index contributed by atoms with van der Waals surface area (Å²) in [6.45, 7) is 0. The fourth-order valence-electron chi connectivity index (χ4n) is 0.674. The zero-order valence-electron chi connectivity index (χ0n) is 4.42. The van der Waals surface area contributed by atoms with Crippen molar-refractivity contribution in [1.29, 1.82) is 0 Å². The molecule has 60 valence electrons. The van der Waals surface area contributed by atoms with Crippen molar-refractivity contribution in [1.82, 2.24) is 0 Å². The summed E-state index contributed by atoms with van der Waals surface area (Å²) in [6, 6.07) is 0. The van der Waals surface area contributed by atoms with Gasteiger partial charge in [-0.05, 0) is 0 Å². The summed E-state index contributed by atoms with van der Waals surface area (Å²) >= 11 is 0. The molecule has 0 radical (unpaired) electrons. The molecule has 0 nitrogen and oxygen atoms in total. The van der Waals surface area contributed by atoms with E-state index in [-0.39, 0.29) is 0 Å². The molecular formula is C4H2F6. The van der Waals surface area contributed by atoms with E-state index in [0.717, 1.165) is 0 Å². The summed E-state index contributed by atoms with van der Waals surface area (Å²) in [5, 5.41) is 0. The SMILES string of the molecule is FC1C(F)(F)C(F)C1(F)F. The van der Waals surface area contributed by atoms with Crippen LogP contribution in [-0.4, -0.2) is 24.2 Å². The van der Waals surface area contributed by atoms with Crippen LogP contribution in [0, 0.1) is 0 Å². The van der Waals surface area contributed by atoms with Gasteiger partial charge < -0.3 is 0 Å². The van der Waals surface area contributed by atoms with Gasteiger partial charge in [0.1, 0.15) is 0 Å². The minimum absolute atomic E-state index is 3.67. The Kier molecular flexibility index (Phi) is 1.23. The molecule has 1 rings (SSSR count). The van der Waals surface area contributed by atoms with E-state index in [2.05, 4.69) is 0 Å². The first-order chi connectivity index (χ1) is 4.31. The summed E-state index contributed by atoms with van der Waals surface area (Å²) in [6.07, 6.45) is -7.34. The summed E-state index contributed by atoms with van der Waals surface area (Å²) in [4.78, 5) is 0. The first-order valence-corrected chi connectivity index (χ1v) is 2.35. The van der Waals surface area contributed by atoms with Crippen molar-refractivity contribution in [2.45, 2.75) is 24.2 Å². The van der Waals surface area contributed by atoms with E-state index in [1.54, 1.807) is 0 Å². The molecule has 1 aliphatic rings. The molecule has 0 atom stereocenters. The van der Waals surface area contributed by atoms with Crippen molar-refractivity contribution in [3.63, 3.8) is 0 Å². The number of hydrogen-bond donors (Lipinski definition) is 0. The van der Waals surface area contributed by atoms with Gasteiger partial charge >= 0.3 is 11.8 Å². The zero-order chi connectivity index (χ0) is 8.15. The van der Waals surface area contributed by atoms with Gasteiger partial charge in [-0.3, -0.25) is 0 Å². The molecule has 0 aliphatic heterocycles. The van der Waals surface area contributed by atoms with Crippen LogP contribution in [0.4, 0.5) is 26.3 Å². The number of rotatable bonds is 0. The molecule has 0 N–H and O–H groups in total. The van der Waals surface area contributed by atoms with Crippen molar-refractivity contribution in [3.8, 4) is 0 Å². The highest BCUT2D eigenvalue weighted by Crippen LogP contribution is 2.53. The van der Waals surface area contributed by atoms with E-state index >= 15 is 0 Å². The van der Waals surface area contributed by atoms with Crippen LogP contribution in [0.1, 0.15) is 0 Å². The Morgan fingerprint density at radius 3 is 1.00 bits per heavy atom. The minimum Gasteiger partial charge on any atom is -0.234 e. The summed E-state index contributed by atoms with van der Waals surface area (Å²) in [5.41, 5.74) is 0. The molecule has 1 saturated carbocycles. The highest BCUT2D eigenvalue weighted by molar-refractivity contribution is 5.11. The van der Waals surface area contributed by atoms with Crippen molar-refractivity contribution in [3.05, 3.63) is 0 Å². The molecule has 0 saturated heterocycles. The maximum Gasteiger partial charge on any atom is 0.321 e. The lowest BCUT2D eigenvalue weighted by Crippen LogP contribution is -2.69. The second-order valence-electron chi connectivity index (χ2n) is 2.07. The van der Waals surface area contributed by atoms with Crippen LogP contribution >= 0.6 is 0 Å². The molecule has 0 spiro atoms. The van der Waals surface area contributed by atoms with Crippen molar-refractivity contribution < 1.29 is 26.3 Å². The maximum absolute atomic E-state index is 11.6. The molecule has 0 heterocycles. The number of halogens is 6. The second-order valence-corrected chi connectivity index (χ2v) is 2.07. The lowest BCUT2D eigenvalue weighted by Gasteiger charge is -2.41. The third-order valence-electron chi connectivity index (χ3n) is 1.35. The first kappa shape index (κ1) is 7.68. The largest absolute Gasteiger partial charge is 0.321 e. The maximum atomic E-state index is 11.6. The molecule has 0 bridgehead atoms. The van der Waals surface area contributed by atoms with Gasteiger partial charge in [-0.1, -0.05) is 0 Å². The second kappa shape index (κ2) is 1.60. The fraction of sp³-hybridized carbons (Fsp3) is 1.00. The minimum atomic E-state index is -4.51. The van der Waals surface area contributed by atoms with E-state index in [1.165, 1.54) is 0 Å². The van der Waals surface area contributed by atoms with Crippen LogP contribution in [0.3, 0.4) is 0 Å². The van der Waals surface area contributed by atoms with E-state index in [9.17, 15) is 26.3 Å². The Morgan fingerprint density at radius 2 is 0.900 bits per heavy atom. The molecule has 10 heavy (non-hydrogen) atoms. The predicted octanol–water partition coefficient (Wildman–Crippen LogP) is 1.95. The highest BCUT2D eigenvalue weighted by Gasteiger charge is 2.79. The van der Waals surface area contributed by atoms with Crippen LogP contribution in [0.2, 0.25) is 0 Å². The average molecular weight is 164 g/mol. The Labute approximate surface area is 51.8 Å². The third kappa shape index (κ3) is 0.590. The van der Waals surface area contributed by atoms with Crippen LogP contribution in [-0.2, 0) is 0 Å². The molecule has 0 amide bonds. The van der Waals surface area contributed by atoms with E-state index < -0.39 is 24.2 Å². The van der Waals surface area contributed by atoms with Crippen LogP contribution in [0.25, 0.3) is 0 Å². The first-order valence-electron chi connectivity index (χ1n) is 2.35. The summed E-state index contributed by atoms with van der Waals surface area (Å²) < 4.78 is 69.5. The molecule has 0 aromatic heterocycles. The highest BCUT2D eigenvalue weighted by atomic mass is 19.3. The smallest absolute Gasteiger partial charge is 0.234 e. The summed E-state index contributed by atoms with van der Waals surface area (Å²) in [5.74, 6) is -9.02. The van der Waals surface area contributed by atoms with Gasteiger partial charge in [0.05, 0.1) is 0 Å². The lowest BCUT2D eigenvalue weighted by atomic mass is 9.85. The monoisotopic (exact) mass is 164 g/mol. The predicted molar refractivity (Wildman–Crippen MR) is 19.7 cm³/mol. The zero-order valence-corrected chi connectivity index (χ0v) is 4.42. The van der Waals surface area contributed by atoms with Gasteiger partial charge in [0, 0.05) is 0 Å². The normalized spacial score (nSPS) is 42.6. The van der Waals surface area contributed by atoms with Gasteiger partial charge in [0.2, 0.25) is 12.3 Å². The average Bonchev–Trinajstić information content (AvgIpc) is 1.84. The summed E-state index contributed by atoms with van der Waals surface area (Å²) in [7, 11) is 0. The molecule has 0 aromatic rings. The van der Waals surface area contributed by atoms with Crippen LogP contribution in [0.5, 0.6) is 0 Å². The van der Waals surface area contributed by atoms with Crippen molar-refractivity contribution >= 4 is 0 Å². The Morgan fingerprint density at radius 1 is 0.700 bits per heavy atom. The molecule has 1 fully saturated rings. The Bertz CT molecular complexity index is 122. The quantitative estimate of drug-likeness (QED) is 0.480. The molecule has 0 aromatic carbocycles. The van der Waals surface area contributed by atoms with Gasteiger partial charge in [-0.2, -0.15) is 17.6 Å². The molecule has 6 heteroatoms. The van der Waals surface area contributed by atoms with Crippen molar-refractivity contribution in [2.75, 3.05) is 0 Å². The number of alkyl halides is 6. The van der Waals surface area contributed by atoms with Crippen LogP contribution < -0.4 is 0 Å². The third-order valence-corrected chi connectivity index (χ3v) is 1.35. The van der Waals surface area contributed by atoms with Gasteiger partial charge in [-0.15, -0.1) is 0 Å². The fourth-order valence-corrected chi connectivity index (χ4v) is 0.674. The van der Waals surface area contributed by atoms with Crippen LogP contribution in [0.15, 0.2) is 0 Å².